The number of ether oxygens (including phenoxy) is 1. The maximum Gasteiger partial charge on any atom is 0.416 e. The van der Waals surface area contributed by atoms with Crippen LogP contribution in [0.1, 0.15) is 61.3 Å². The number of primary amides is 1. The van der Waals surface area contributed by atoms with Crippen molar-refractivity contribution in [1.82, 2.24) is 9.62 Å². The van der Waals surface area contributed by atoms with Gasteiger partial charge in [0.1, 0.15) is 11.8 Å². The molecule has 1 heterocycles. The van der Waals surface area contributed by atoms with Crippen molar-refractivity contribution in [3.8, 4) is 5.75 Å². The van der Waals surface area contributed by atoms with Gasteiger partial charge in [0.05, 0.1) is 29.5 Å². The van der Waals surface area contributed by atoms with E-state index in [4.69, 9.17) is 10.5 Å². The Kier molecular flexibility index (Phi) is 8.71. The predicted molar refractivity (Wildman–Crippen MR) is 133 cm³/mol. The van der Waals surface area contributed by atoms with Crippen molar-refractivity contribution in [2.45, 2.75) is 80.4 Å². The zero-order chi connectivity index (χ0) is 29.3. The maximum absolute atomic E-state index is 14.4. The number of hydrogen-bond donors (Lipinski definition) is 2. The summed E-state index contributed by atoms with van der Waals surface area (Å²) >= 11 is 0. The Hall–Kier alpha value is -2.84. The molecule has 1 fully saturated rings. The highest BCUT2D eigenvalue weighted by Gasteiger charge is 2.52. The number of hydrogen-bond acceptors (Lipinski definition) is 5. The van der Waals surface area contributed by atoms with E-state index in [1.807, 2.05) is 0 Å². The van der Waals surface area contributed by atoms with Gasteiger partial charge in [-0.05, 0) is 42.7 Å². The number of rotatable bonds is 9. The first-order valence-electron chi connectivity index (χ1n) is 12.7. The lowest BCUT2D eigenvalue weighted by Crippen LogP contribution is -2.52. The van der Waals surface area contributed by atoms with Crippen LogP contribution in [0.4, 0.5) is 26.3 Å². The number of benzene rings is 2. The summed E-state index contributed by atoms with van der Waals surface area (Å²) in [6, 6.07) is 3.09. The van der Waals surface area contributed by atoms with Gasteiger partial charge in [-0.15, -0.1) is 0 Å². The number of alkyl halides is 6. The number of carbonyl (C=O) groups excluding carboxylic acids is 1. The standard InChI is InChI=1S/C26H29F6N3O4S/c27-25(28,29)17-4-3-7-19(13-17)40(37,38)35(23(14-24(33)36)26(30,31)32)21-10-11-39-22-12-16(8-9-20(21)22)15-34-18-5-1-2-6-18/h3-4,7-9,12-13,18,21,23,34H,1-2,5-6,10-11,14-15H2,(H2,33,36)/t21-,23?/m1/s1. The summed E-state index contributed by atoms with van der Waals surface area (Å²) in [5.41, 5.74) is 4.60. The van der Waals surface area contributed by atoms with E-state index in [1.54, 1.807) is 12.1 Å². The SMILES string of the molecule is NC(=O)CC(N([C@@H]1CCOc2cc(CNC3CCCC3)ccc21)S(=O)(=O)c1cccc(C(F)(F)F)c1)C(F)(F)F. The molecule has 2 atom stereocenters. The molecule has 1 aliphatic carbocycles. The fourth-order valence-corrected chi connectivity index (χ4v) is 7.08. The van der Waals surface area contributed by atoms with Gasteiger partial charge in [0.15, 0.2) is 0 Å². The number of nitrogens with two attached hydrogens (primary N) is 1. The van der Waals surface area contributed by atoms with Crippen LogP contribution in [-0.4, -0.2) is 43.5 Å². The van der Waals surface area contributed by atoms with Crippen LogP contribution in [0, 0.1) is 0 Å². The molecule has 1 unspecified atom stereocenters. The molecule has 2 aromatic carbocycles. The monoisotopic (exact) mass is 593 g/mol. The Labute approximate surface area is 227 Å². The molecule has 1 amide bonds. The average Bonchev–Trinajstić information content (AvgIpc) is 3.39. The van der Waals surface area contributed by atoms with Gasteiger partial charge >= 0.3 is 12.4 Å². The lowest BCUT2D eigenvalue weighted by molar-refractivity contribution is -0.180. The first-order chi connectivity index (χ1) is 18.7. The molecule has 14 heteroatoms. The number of sulfonamides is 1. The molecule has 4 rings (SSSR count). The Bertz CT molecular complexity index is 1330. The van der Waals surface area contributed by atoms with E-state index >= 15 is 0 Å². The Morgan fingerprint density at radius 1 is 1.05 bits per heavy atom. The number of carbonyl (C=O) groups is 1. The molecule has 1 aliphatic heterocycles. The number of nitrogens with one attached hydrogen (secondary N) is 1. The summed E-state index contributed by atoms with van der Waals surface area (Å²) in [5, 5.41) is 3.41. The minimum Gasteiger partial charge on any atom is -0.493 e. The third kappa shape index (κ3) is 6.72. The Morgan fingerprint density at radius 2 is 1.75 bits per heavy atom. The quantitative estimate of drug-likeness (QED) is 0.396. The fourth-order valence-electron chi connectivity index (χ4n) is 5.23. The van der Waals surface area contributed by atoms with Crippen LogP contribution in [0.25, 0.3) is 0 Å². The Balaban J connectivity index is 1.78. The van der Waals surface area contributed by atoms with Gasteiger partial charge in [-0.3, -0.25) is 4.79 Å². The molecule has 0 aromatic heterocycles. The molecule has 3 N–H and O–H groups in total. The van der Waals surface area contributed by atoms with E-state index in [0.29, 0.717) is 18.7 Å². The fraction of sp³-hybridized carbons (Fsp3) is 0.500. The highest BCUT2D eigenvalue weighted by atomic mass is 32.2. The summed E-state index contributed by atoms with van der Waals surface area (Å²) in [4.78, 5) is 10.7. The summed E-state index contributed by atoms with van der Waals surface area (Å²) in [6.45, 7) is 0.304. The number of fused-ring (bicyclic) bond motifs is 1. The molecular weight excluding hydrogens is 564 g/mol. The van der Waals surface area contributed by atoms with Gasteiger partial charge < -0.3 is 15.8 Å². The second-order valence-corrected chi connectivity index (χ2v) is 11.8. The third-order valence-electron chi connectivity index (χ3n) is 7.16. The first-order valence-corrected chi connectivity index (χ1v) is 14.2. The number of nitrogens with zero attached hydrogens (tertiary/aromatic N) is 1. The number of amides is 1. The van der Waals surface area contributed by atoms with Crippen molar-refractivity contribution < 1.29 is 44.3 Å². The lowest BCUT2D eigenvalue weighted by atomic mass is 9.97. The van der Waals surface area contributed by atoms with Crippen LogP contribution in [0.2, 0.25) is 0 Å². The maximum atomic E-state index is 14.4. The smallest absolute Gasteiger partial charge is 0.416 e. The van der Waals surface area contributed by atoms with Crippen LogP contribution in [-0.2, 0) is 27.5 Å². The molecule has 7 nitrogen and oxygen atoms in total. The zero-order valence-corrected chi connectivity index (χ0v) is 22.1. The minimum atomic E-state index is -5.27. The van der Waals surface area contributed by atoms with Gasteiger partial charge in [0, 0.05) is 24.6 Å². The van der Waals surface area contributed by atoms with Crippen LogP contribution in [0.15, 0.2) is 47.4 Å². The molecule has 0 bridgehead atoms. The van der Waals surface area contributed by atoms with E-state index in [1.165, 1.54) is 6.07 Å². The van der Waals surface area contributed by atoms with E-state index in [-0.39, 0.29) is 34.7 Å². The molecular formula is C26H29F6N3O4S. The molecule has 0 radical (unpaired) electrons. The van der Waals surface area contributed by atoms with Gasteiger partial charge in [-0.25, -0.2) is 8.42 Å². The second-order valence-electron chi connectivity index (χ2n) is 9.98. The topological polar surface area (TPSA) is 102 Å². The molecule has 2 aromatic rings. The largest absolute Gasteiger partial charge is 0.493 e. The molecule has 0 spiro atoms. The number of halogens is 6. The summed E-state index contributed by atoms with van der Waals surface area (Å²) < 4.78 is 116. The first kappa shape index (κ1) is 30.1. The van der Waals surface area contributed by atoms with Gasteiger partial charge in [-0.1, -0.05) is 31.0 Å². The van der Waals surface area contributed by atoms with Crippen LogP contribution in [0.3, 0.4) is 0 Å². The second kappa shape index (κ2) is 11.6. The van der Waals surface area contributed by atoms with E-state index in [9.17, 15) is 39.6 Å². The van der Waals surface area contributed by atoms with E-state index in [2.05, 4.69) is 5.32 Å². The van der Waals surface area contributed by atoms with Crippen molar-refractivity contribution in [3.05, 3.63) is 59.2 Å². The summed E-state index contributed by atoms with van der Waals surface area (Å²) in [5.74, 6) is -1.27. The highest BCUT2D eigenvalue weighted by Crippen LogP contribution is 2.44. The van der Waals surface area contributed by atoms with Crippen LogP contribution in [0.5, 0.6) is 5.75 Å². The van der Waals surface area contributed by atoms with Crippen molar-refractivity contribution in [1.29, 1.82) is 0 Å². The van der Waals surface area contributed by atoms with E-state index in [0.717, 1.165) is 43.4 Å². The predicted octanol–water partition coefficient (Wildman–Crippen LogP) is 5.06. The van der Waals surface area contributed by atoms with E-state index < -0.39 is 57.2 Å². The third-order valence-corrected chi connectivity index (χ3v) is 9.07. The van der Waals surface area contributed by atoms with Crippen molar-refractivity contribution in [2.24, 2.45) is 5.73 Å². The highest BCUT2D eigenvalue weighted by molar-refractivity contribution is 7.89. The normalized spacial score (nSPS) is 19.3. The molecule has 1 saturated carbocycles. The summed E-state index contributed by atoms with van der Waals surface area (Å²) in [7, 11) is -5.25. The lowest BCUT2D eigenvalue weighted by Gasteiger charge is -2.40. The van der Waals surface area contributed by atoms with Crippen molar-refractivity contribution >= 4 is 15.9 Å². The minimum absolute atomic E-state index is 0.0745. The van der Waals surface area contributed by atoms with Crippen molar-refractivity contribution in [3.63, 3.8) is 0 Å². The van der Waals surface area contributed by atoms with Crippen LogP contribution >= 0.6 is 0 Å². The van der Waals surface area contributed by atoms with Gasteiger partial charge in [-0.2, -0.15) is 30.6 Å². The van der Waals surface area contributed by atoms with Crippen molar-refractivity contribution in [2.75, 3.05) is 6.61 Å². The average molecular weight is 594 g/mol. The molecule has 40 heavy (non-hydrogen) atoms. The Morgan fingerprint density at radius 3 is 2.38 bits per heavy atom. The molecule has 220 valence electrons. The molecule has 0 saturated heterocycles. The summed E-state index contributed by atoms with van der Waals surface area (Å²) in [6.07, 6.45) is -7.57. The van der Waals surface area contributed by atoms with Gasteiger partial charge in [0.2, 0.25) is 15.9 Å². The van der Waals surface area contributed by atoms with Gasteiger partial charge in [0.25, 0.3) is 0 Å². The molecule has 2 aliphatic rings. The zero-order valence-electron chi connectivity index (χ0n) is 21.3. The van der Waals surface area contributed by atoms with Crippen LogP contribution < -0.4 is 15.8 Å².